The fraction of sp³-hybridized carbons (Fsp3) is 0.759. The molecule has 1 amide bonds. The number of rotatable bonds is 15. The molecular weight excluding hydrogens is 470 g/mol. The molecule has 0 aliphatic carbocycles. The Kier molecular flexibility index (Phi) is 11.8. The van der Waals surface area contributed by atoms with Crippen molar-refractivity contribution in [3.8, 4) is 5.75 Å². The summed E-state index contributed by atoms with van der Waals surface area (Å²) in [5.41, 5.74) is -0.0945. The molecule has 37 heavy (non-hydrogen) atoms. The van der Waals surface area contributed by atoms with E-state index in [4.69, 9.17) is 4.74 Å². The molecule has 1 heterocycles. The molecular formula is C29H49N3O5. The number of nitro benzene ring substituents is 1. The summed E-state index contributed by atoms with van der Waals surface area (Å²) >= 11 is 0. The van der Waals surface area contributed by atoms with Gasteiger partial charge in [-0.3, -0.25) is 14.9 Å². The first kappa shape index (κ1) is 31.0. The van der Waals surface area contributed by atoms with E-state index in [9.17, 15) is 20.0 Å². The first-order chi connectivity index (χ1) is 17.6. The van der Waals surface area contributed by atoms with Crippen molar-refractivity contribution in [2.45, 2.75) is 118 Å². The van der Waals surface area contributed by atoms with E-state index in [0.717, 1.165) is 51.4 Å². The van der Waals surface area contributed by atoms with E-state index in [1.807, 2.05) is 0 Å². The van der Waals surface area contributed by atoms with E-state index in [1.165, 1.54) is 17.9 Å². The highest BCUT2D eigenvalue weighted by Gasteiger charge is 2.55. The molecule has 1 aliphatic rings. The summed E-state index contributed by atoms with van der Waals surface area (Å²) in [6.45, 7) is 15.1. The number of aliphatic hydroxyl groups is 1. The fourth-order valence-corrected chi connectivity index (χ4v) is 5.66. The summed E-state index contributed by atoms with van der Waals surface area (Å²) < 4.78 is 6.67. The third-order valence-corrected chi connectivity index (χ3v) is 8.27. The number of unbranched alkanes of at least 4 members (excludes halogenated alkanes) is 4. The van der Waals surface area contributed by atoms with Crippen molar-refractivity contribution in [1.82, 2.24) is 5.32 Å². The number of carbonyl (C=O) groups is 1. The van der Waals surface area contributed by atoms with Gasteiger partial charge in [0.15, 0.2) is 0 Å². The Morgan fingerprint density at radius 1 is 1.11 bits per heavy atom. The number of hydrogen-bond acceptors (Lipinski definition) is 6. The Morgan fingerprint density at radius 3 is 2.24 bits per heavy atom. The number of anilines is 1. The maximum atomic E-state index is 12.7. The molecule has 0 saturated carbocycles. The molecule has 8 heteroatoms. The summed E-state index contributed by atoms with van der Waals surface area (Å²) in [4.78, 5) is 26.0. The van der Waals surface area contributed by atoms with Gasteiger partial charge in [-0.15, -0.1) is 0 Å². The topological polar surface area (TPSA) is 105 Å². The van der Waals surface area contributed by atoms with Crippen LogP contribution in [0.2, 0.25) is 0 Å². The van der Waals surface area contributed by atoms with E-state index in [2.05, 4.69) is 46.9 Å². The van der Waals surface area contributed by atoms with E-state index < -0.39 is 22.7 Å². The van der Waals surface area contributed by atoms with Gasteiger partial charge in [-0.2, -0.15) is 0 Å². The maximum absolute atomic E-state index is 12.7. The van der Waals surface area contributed by atoms with Crippen molar-refractivity contribution >= 4 is 17.3 Å². The molecule has 8 nitrogen and oxygen atoms in total. The molecule has 2 N–H and O–H groups in total. The number of carbonyl (C=O) groups excluding carboxylic acids is 1. The minimum Gasteiger partial charge on any atom is -0.483 e. The van der Waals surface area contributed by atoms with Gasteiger partial charge >= 0.3 is 0 Å². The normalized spacial score (nSPS) is 22.6. The van der Waals surface area contributed by atoms with Crippen LogP contribution in [0.1, 0.15) is 111 Å². The number of amides is 1. The summed E-state index contributed by atoms with van der Waals surface area (Å²) in [7, 11) is 0. The highest BCUT2D eigenvalue weighted by molar-refractivity contribution is 5.94. The Morgan fingerprint density at radius 2 is 1.73 bits per heavy atom. The molecule has 1 aromatic carbocycles. The van der Waals surface area contributed by atoms with Crippen molar-refractivity contribution in [1.29, 1.82) is 0 Å². The first-order valence-corrected chi connectivity index (χ1v) is 14.3. The second kappa shape index (κ2) is 14.1. The number of nitrogens with zero attached hydrogens (tertiary/aromatic N) is 2. The third-order valence-electron chi connectivity index (χ3n) is 8.27. The molecule has 0 aromatic heterocycles. The number of benzene rings is 1. The molecule has 1 aliphatic heterocycles. The molecule has 0 fully saturated rings. The van der Waals surface area contributed by atoms with E-state index in [0.29, 0.717) is 24.4 Å². The van der Waals surface area contributed by atoms with Gasteiger partial charge < -0.3 is 20.1 Å². The van der Waals surface area contributed by atoms with Crippen molar-refractivity contribution < 1.29 is 19.6 Å². The highest BCUT2D eigenvalue weighted by atomic mass is 16.6. The zero-order valence-electron chi connectivity index (χ0n) is 24.0. The zero-order chi connectivity index (χ0) is 27.8. The molecule has 1 aromatic rings. The Labute approximate surface area is 223 Å². The Hall–Kier alpha value is -2.19. The lowest BCUT2D eigenvalue weighted by Gasteiger charge is -2.52. The van der Waals surface area contributed by atoms with Gasteiger partial charge in [-0.1, -0.05) is 67.2 Å². The molecule has 0 saturated heterocycles. The predicted octanol–water partition coefficient (Wildman–Crippen LogP) is 6.54. The molecule has 0 radical (unpaired) electrons. The summed E-state index contributed by atoms with van der Waals surface area (Å²) in [5.74, 6) is 0.227. The largest absolute Gasteiger partial charge is 0.483 e. The number of fused-ring (bicyclic) bond motifs is 1. The van der Waals surface area contributed by atoms with Crippen LogP contribution >= 0.6 is 0 Å². The Bertz CT molecular complexity index is 896. The van der Waals surface area contributed by atoms with Crippen LogP contribution in [-0.4, -0.2) is 40.7 Å². The zero-order valence-corrected chi connectivity index (χ0v) is 24.0. The van der Waals surface area contributed by atoms with Gasteiger partial charge in [0.1, 0.15) is 23.1 Å². The van der Waals surface area contributed by atoms with Crippen LogP contribution in [0.25, 0.3) is 0 Å². The monoisotopic (exact) mass is 519 g/mol. The van der Waals surface area contributed by atoms with Crippen molar-refractivity contribution in [3.63, 3.8) is 0 Å². The van der Waals surface area contributed by atoms with Gasteiger partial charge in [-0.05, 0) is 50.1 Å². The van der Waals surface area contributed by atoms with Crippen molar-refractivity contribution in [2.75, 3.05) is 18.0 Å². The van der Waals surface area contributed by atoms with Gasteiger partial charge in [0.2, 0.25) is 5.91 Å². The van der Waals surface area contributed by atoms with Crippen LogP contribution in [0.3, 0.4) is 0 Å². The quantitative estimate of drug-likeness (QED) is 0.155. The molecule has 2 rings (SSSR count). The summed E-state index contributed by atoms with van der Waals surface area (Å²) in [6.07, 6.45) is 6.52. The second-order valence-corrected chi connectivity index (χ2v) is 10.7. The van der Waals surface area contributed by atoms with Gasteiger partial charge in [0.05, 0.1) is 17.0 Å². The lowest BCUT2D eigenvalue weighted by molar-refractivity contribution is -0.384. The lowest BCUT2D eigenvalue weighted by atomic mass is 9.68. The third kappa shape index (κ3) is 6.63. The van der Waals surface area contributed by atoms with Crippen molar-refractivity contribution in [2.24, 2.45) is 11.8 Å². The minimum atomic E-state index is -0.893. The molecule has 4 atom stereocenters. The standard InChI is InChI=1S/C29H49N3O5/c1-8-12-14-15-17-31(22(7)33)24-18-23-26(19-25(24)32(35)36)37-29(20(5)10-3,21(6)11-4)28(34)27(23)30-16-13-9-2/h18-21,27-28,30,34H,8-17H2,1-7H3. The van der Waals surface area contributed by atoms with E-state index in [-0.39, 0.29) is 29.1 Å². The highest BCUT2D eigenvalue weighted by Crippen LogP contribution is 2.51. The lowest BCUT2D eigenvalue weighted by Crippen LogP contribution is -2.63. The number of nitrogens with one attached hydrogen (secondary N) is 1. The average Bonchev–Trinajstić information content (AvgIpc) is 2.88. The summed E-state index contributed by atoms with van der Waals surface area (Å²) in [6, 6.07) is 2.72. The molecule has 210 valence electrons. The smallest absolute Gasteiger partial charge is 0.296 e. The number of hydrogen-bond donors (Lipinski definition) is 2. The minimum absolute atomic E-state index is 0.0205. The second-order valence-electron chi connectivity index (χ2n) is 10.7. The van der Waals surface area contributed by atoms with Crippen LogP contribution < -0.4 is 15.0 Å². The van der Waals surface area contributed by atoms with Crippen LogP contribution in [-0.2, 0) is 4.79 Å². The van der Waals surface area contributed by atoms with Gasteiger partial charge in [0, 0.05) is 19.0 Å². The van der Waals surface area contributed by atoms with Crippen LogP contribution in [0.4, 0.5) is 11.4 Å². The van der Waals surface area contributed by atoms with Gasteiger partial charge in [0.25, 0.3) is 5.69 Å². The van der Waals surface area contributed by atoms with E-state index >= 15 is 0 Å². The van der Waals surface area contributed by atoms with Crippen molar-refractivity contribution in [3.05, 3.63) is 27.8 Å². The first-order valence-electron chi connectivity index (χ1n) is 14.3. The van der Waals surface area contributed by atoms with E-state index in [1.54, 1.807) is 6.07 Å². The Balaban J connectivity index is 2.72. The number of nitro groups is 1. The average molecular weight is 520 g/mol. The van der Waals surface area contributed by atoms with Crippen LogP contribution in [0.15, 0.2) is 12.1 Å². The summed E-state index contributed by atoms with van der Waals surface area (Å²) in [5, 5.41) is 27.7. The van der Waals surface area contributed by atoms with Gasteiger partial charge in [-0.25, -0.2) is 0 Å². The van der Waals surface area contributed by atoms with Crippen LogP contribution in [0.5, 0.6) is 5.75 Å². The molecule has 4 unspecified atom stereocenters. The SMILES string of the molecule is CCCCCCN(C(C)=O)c1cc2c(cc1[N+](=O)[O-])OC(C(C)CC)(C(C)CC)C(O)C2NCCCC. The number of aliphatic hydroxyl groups excluding tert-OH is 1. The van der Waals surface area contributed by atoms with Crippen LogP contribution in [0, 0.1) is 22.0 Å². The predicted molar refractivity (Wildman–Crippen MR) is 149 cm³/mol. The fourth-order valence-electron chi connectivity index (χ4n) is 5.66. The molecule has 0 spiro atoms. The number of ether oxygens (including phenoxy) is 1. The molecule has 0 bridgehead atoms. The maximum Gasteiger partial charge on any atom is 0.296 e.